The molecule has 2 heterocycles. The van der Waals surface area contributed by atoms with Gasteiger partial charge in [-0.15, -0.1) is 0 Å². The molecule has 0 radical (unpaired) electrons. The molecule has 1 aliphatic rings. The van der Waals surface area contributed by atoms with Crippen molar-refractivity contribution in [2.75, 3.05) is 23.7 Å². The Morgan fingerprint density at radius 1 is 1.23 bits per heavy atom. The number of hydrogen-bond acceptors (Lipinski definition) is 5. The molecule has 0 amide bonds. The van der Waals surface area contributed by atoms with Gasteiger partial charge in [0, 0.05) is 13.1 Å². The molecule has 2 N–H and O–H groups in total. The number of aromatic nitrogens is 2. The number of nitrogens with zero attached hydrogens (tertiary/aromatic N) is 3. The number of benzene rings is 1. The third kappa shape index (κ3) is 3.13. The second-order valence-corrected chi connectivity index (χ2v) is 5.92. The molecule has 3 rings (SSSR count). The van der Waals surface area contributed by atoms with Crippen LogP contribution in [-0.4, -0.2) is 23.1 Å². The maximum atomic E-state index is 6.28. The van der Waals surface area contributed by atoms with Crippen LogP contribution in [-0.2, 0) is 0 Å². The molecule has 1 aromatic heterocycles. The third-order valence-electron chi connectivity index (χ3n) is 3.92. The second-order valence-electron chi connectivity index (χ2n) is 5.92. The van der Waals surface area contributed by atoms with Crippen molar-refractivity contribution in [3.8, 4) is 11.6 Å². The number of nitrogen functional groups attached to an aromatic ring is 1. The van der Waals surface area contributed by atoms with E-state index in [1.54, 1.807) is 0 Å². The Balaban J connectivity index is 1.91. The molecule has 1 aliphatic heterocycles. The lowest BCUT2D eigenvalue weighted by molar-refractivity contribution is 0.440. The molecule has 0 unspecified atom stereocenters. The molecule has 5 heteroatoms. The first kappa shape index (κ1) is 14.6. The lowest BCUT2D eigenvalue weighted by atomic mass is 10.0. The van der Waals surface area contributed by atoms with Gasteiger partial charge in [-0.1, -0.05) is 25.1 Å². The standard InChI is InChI=1S/C17H22N4O/c1-12-7-6-10-21(11-12)16-15(18)17(20-13(2)19-16)22-14-8-4-3-5-9-14/h3-5,8-9,12H,6-7,10-11,18H2,1-2H3/t12-/m1/s1. The van der Waals surface area contributed by atoms with Crippen LogP contribution in [0, 0.1) is 12.8 Å². The van der Waals surface area contributed by atoms with Gasteiger partial charge < -0.3 is 15.4 Å². The molecule has 1 atom stereocenters. The number of rotatable bonds is 3. The molecule has 2 aromatic rings. The van der Waals surface area contributed by atoms with Crippen LogP contribution in [0.2, 0.25) is 0 Å². The molecule has 0 bridgehead atoms. The van der Waals surface area contributed by atoms with E-state index in [0.29, 0.717) is 23.3 Å². The van der Waals surface area contributed by atoms with Crippen molar-refractivity contribution in [1.82, 2.24) is 9.97 Å². The lowest BCUT2D eigenvalue weighted by Gasteiger charge is -2.32. The van der Waals surface area contributed by atoms with E-state index in [1.165, 1.54) is 12.8 Å². The average molecular weight is 298 g/mol. The van der Waals surface area contributed by atoms with Crippen LogP contribution in [0.15, 0.2) is 30.3 Å². The highest BCUT2D eigenvalue weighted by atomic mass is 16.5. The van der Waals surface area contributed by atoms with Crippen LogP contribution in [0.1, 0.15) is 25.6 Å². The van der Waals surface area contributed by atoms with Gasteiger partial charge in [0.25, 0.3) is 0 Å². The Morgan fingerprint density at radius 2 is 2.00 bits per heavy atom. The summed E-state index contributed by atoms with van der Waals surface area (Å²) in [5.74, 6) is 3.29. The molecule has 0 spiro atoms. The molecule has 1 aromatic carbocycles. The van der Waals surface area contributed by atoms with Crippen molar-refractivity contribution < 1.29 is 4.74 Å². The number of piperidine rings is 1. The fourth-order valence-electron chi connectivity index (χ4n) is 2.84. The van der Waals surface area contributed by atoms with Gasteiger partial charge in [-0.25, -0.2) is 4.98 Å². The van der Waals surface area contributed by atoms with Gasteiger partial charge in [0.15, 0.2) is 5.82 Å². The van der Waals surface area contributed by atoms with E-state index in [-0.39, 0.29) is 0 Å². The number of hydrogen-bond donors (Lipinski definition) is 1. The van der Waals surface area contributed by atoms with Crippen LogP contribution in [0.5, 0.6) is 11.6 Å². The minimum atomic E-state index is 0.437. The molecule has 0 saturated carbocycles. The number of ether oxygens (including phenoxy) is 1. The summed E-state index contributed by atoms with van der Waals surface area (Å²) in [6.07, 6.45) is 2.42. The minimum absolute atomic E-state index is 0.437. The summed E-state index contributed by atoms with van der Waals surface area (Å²) < 4.78 is 5.85. The Morgan fingerprint density at radius 3 is 2.73 bits per heavy atom. The summed E-state index contributed by atoms with van der Waals surface area (Å²) in [5, 5.41) is 0. The van der Waals surface area contributed by atoms with Crippen molar-refractivity contribution in [3.63, 3.8) is 0 Å². The molecular formula is C17H22N4O. The van der Waals surface area contributed by atoms with Crippen molar-refractivity contribution in [3.05, 3.63) is 36.2 Å². The minimum Gasteiger partial charge on any atom is -0.437 e. The van der Waals surface area contributed by atoms with E-state index < -0.39 is 0 Å². The van der Waals surface area contributed by atoms with Crippen LogP contribution in [0.4, 0.5) is 11.5 Å². The first-order chi connectivity index (χ1) is 10.6. The lowest BCUT2D eigenvalue weighted by Crippen LogP contribution is -2.35. The summed E-state index contributed by atoms with van der Waals surface area (Å²) in [6.45, 7) is 6.09. The van der Waals surface area contributed by atoms with Gasteiger partial charge >= 0.3 is 0 Å². The Labute approximate surface area is 131 Å². The largest absolute Gasteiger partial charge is 0.437 e. The van der Waals surface area contributed by atoms with Crippen LogP contribution >= 0.6 is 0 Å². The smallest absolute Gasteiger partial charge is 0.248 e. The fourth-order valence-corrected chi connectivity index (χ4v) is 2.84. The second kappa shape index (κ2) is 6.22. The van der Waals surface area contributed by atoms with Crippen LogP contribution < -0.4 is 15.4 Å². The molecule has 5 nitrogen and oxygen atoms in total. The van der Waals surface area contributed by atoms with Gasteiger partial charge in [-0.05, 0) is 37.8 Å². The highest BCUT2D eigenvalue weighted by Gasteiger charge is 2.22. The predicted molar refractivity (Wildman–Crippen MR) is 88.3 cm³/mol. The Hall–Kier alpha value is -2.30. The number of para-hydroxylation sites is 1. The molecule has 22 heavy (non-hydrogen) atoms. The summed E-state index contributed by atoms with van der Waals surface area (Å²) in [5.41, 5.74) is 6.80. The number of anilines is 2. The maximum absolute atomic E-state index is 6.28. The predicted octanol–water partition coefficient (Wildman–Crippen LogP) is 3.40. The normalized spacial score (nSPS) is 18.3. The zero-order valence-corrected chi connectivity index (χ0v) is 13.1. The monoisotopic (exact) mass is 298 g/mol. The summed E-state index contributed by atoms with van der Waals surface area (Å²) >= 11 is 0. The molecule has 1 fully saturated rings. The number of nitrogens with two attached hydrogens (primary N) is 1. The van der Waals surface area contributed by atoms with Crippen molar-refractivity contribution in [1.29, 1.82) is 0 Å². The Kier molecular flexibility index (Phi) is 4.13. The zero-order chi connectivity index (χ0) is 15.5. The molecule has 1 saturated heterocycles. The van der Waals surface area contributed by atoms with Gasteiger partial charge in [-0.2, -0.15) is 4.98 Å². The first-order valence-corrected chi connectivity index (χ1v) is 7.75. The van der Waals surface area contributed by atoms with Crippen LogP contribution in [0.3, 0.4) is 0 Å². The fraction of sp³-hybridized carbons (Fsp3) is 0.412. The first-order valence-electron chi connectivity index (χ1n) is 7.75. The van der Waals surface area contributed by atoms with E-state index in [9.17, 15) is 0 Å². The van der Waals surface area contributed by atoms with E-state index in [2.05, 4.69) is 21.8 Å². The van der Waals surface area contributed by atoms with Crippen molar-refractivity contribution in [2.45, 2.75) is 26.7 Å². The van der Waals surface area contributed by atoms with E-state index in [1.807, 2.05) is 37.3 Å². The number of aryl methyl sites for hydroxylation is 1. The quantitative estimate of drug-likeness (QED) is 0.941. The summed E-state index contributed by atoms with van der Waals surface area (Å²) in [6, 6.07) is 9.57. The van der Waals surface area contributed by atoms with Crippen LogP contribution in [0.25, 0.3) is 0 Å². The maximum Gasteiger partial charge on any atom is 0.248 e. The van der Waals surface area contributed by atoms with E-state index >= 15 is 0 Å². The van der Waals surface area contributed by atoms with Crippen molar-refractivity contribution >= 4 is 11.5 Å². The molecule has 0 aliphatic carbocycles. The molecular weight excluding hydrogens is 276 g/mol. The highest BCUT2D eigenvalue weighted by Crippen LogP contribution is 2.34. The summed E-state index contributed by atoms with van der Waals surface area (Å²) in [7, 11) is 0. The third-order valence-corrected chi connectivity index (χ3v) is 3.92. The zero-order valence-electron chi connectivity index (χ0n) is 13.1. The highest BCUT2D eigenvalue weighted by molar-refractivity contribution is 5.68. The van der Waals surface area contributed by atoms with E-state index in [0.717, 1.165) is 24.7 Å². The topological polar surface area (TPSA) is 64.3 Å². The van der Waals surface area contributed by atoms with E-state index in [4.69, 9.17) is 10.5 Å². The molecule has 116 valence electrons. The average Bonchev–Trinajstić information content (AvgIpc) is 2.51. The summed E-state index contributed by atoms with van der Waals surface area (Å²) in [4.78, 5) is 11.1. The van der Waals surface area contributed by atoms with Gasteiger partial charge in [-0.3, -0.25) is 0 Å². The van der Waals surface area contributed by atoms with Gasteiger partial charge in [0.2, 0.25) is 5.88 Å². The van der Waals surface area contributed by atoms with Crippen molar-refractivity contribution in [2.24, 2.45) is 5.92 Å². The SMILES string of the molecule is Cc1nc(Oc2ccccc2)c(N)c(N2CCC[C@@H](C)C2)n1. The van der Waals surface area contributed by atoms with Gasteiger partial charge in [0.1, 0.15) is 17.3 Å². The Bertz CT molecular complexity index is 645. The van der Waals surface area contributed by atoms with Gasteiger partial charge in [0.05, 0.1) is 0 Å².